The van der Waals surface area contributed by atoms with Gasteiger partial charge in [-0.3, -0.25) is 0 Å². The lowest BCUT2D eigenvalue weighted by molar-refractivity contribution is 0.0143. The molecule has 1 aromatic carbocycles. The summed E-state index contributed by atoms with van der Waals surface area (Å²) in [5, 5.41) is 3.48. The zero-order chi connectivity index (χ0) is 15.8. The van der Waals surface area contributed by atoms with Crippen molar-refractivity contribution in [2.24, 2.45) is 0 Å². The van der Waals surface area contributed by atoms with Crippen molar-refractivity contribution in [2.45, 2.75) is 46.1 Å². The van der Waals surface area contributed by atoms with Crippen molar-refractivity contribution in [1.29, 1.82) is 0 Å². The van der Waals surface area contributed by atoms with E-state index in [1.54, 1.807) is 0 Å². The number of halogens is 3. The molecule has 120 valence electrons. The summed E-state index contributed by atoms with van der Waals surface area (Å²) in [6.07, 6.45) is -0.680. The Labute approximate surface area is 134 Å². The molecule has 0 saturated heterocycles. The summed E-state index contributed by atoms with van der Waals surface area (Å²) in [6.45, 7) is 6.97. The number of benzene rings is 1. The highest BCUT2D eigenvalue weighted by molar-refractivity contribution is 9.10. The van der Waals surface area contributed by atoms with Gasteiger partial charge >= 0.3 is 0 Å². The van der Waals surface area contributed by atoms with E-state index < -0.39 is 13.0 Å². The first-order valence-electron chi connectivity index (χ1n) is 7.31. The van der Waals surface area contributed by atoms with Crippen LogP contribution in [0.1, 0.15) is 42.5 Å². The summed E-state index contributed by atoms with van der Waals surface area (Å²) in [7, 11) is 0. The third kappa shape index (κ3) is 6.41. The van der Waals surface area contributed by atoms with Crippen molar-refractivity contribution < 1.29 is 13.5 Å². The fourth-order valence-corrected chi connectivity index (χ4v) is 2.70. The van der Waals surface area contributed by atoms with E-state index in [-0.39, 0.29) is 6.04 Å². The first-order chi connectivity index (χ1) is 9.95. The summed E-state index contributed by atoms with van der Waals surface area (Å²) in [5.41, 5.74) is 3.58. The molecule has 0 aromatic heterocycles. The van der Waals surface area contributed by atoms with Crippen molar-refractivity contribution in [3.63, 3.8) is 0 Å². The Morgan fingerprint density at radius 1 is 1.24 bits per heavy atom. The molecule has 0 aliphatic heterocycles. The van der Waals surface area contributed by atoms with Crippen LogP contribution in [0.25, 0.3) is 0 Å². The van der Waals surface area contributed by atoms with Gasteiger partial charge in [-0.05, 0) is 56.0 Å². The second-order valence-corrected chi connectivity index (χ2v) is 6.07. The molecule has 1 unspecified atom stereocenters. The second kappa shape index (κ2) is 9.49. The molecule has 2 nitrogen and oxygen atoms in total. The Morgan fingerprint density at radius 2 is 1.95 bits per heavy atom. The number of alkyl halides is 2. The molecular formula is C16H24BrF2NO. The first-order valence-corrected chi connectivity index (χ1v) is 8.10. The lowest BCUT2D eigenvalue weighted by atomic mass is 9.97. The van der Waals surface area contributed by atoms with Crippen LogP contribution in [0.5, 0.6) is 0 Å². The molecule has 0 radical (unpaired) electrons. The second-order valence-electron chi connectivity index (χ2n) is 5.22. The van der Waals surface area contributed by atoms with Gasteiger partial charge in [0, 0.05) is 17.1 Å². The molecule has 5 heteroatoms. The van der Waals surface area contributed by atoms with Gasteiger partial charge in [-0.1, -0.05) is 28.9 Å². The topological polar surface area (TPSA) is 21.3 Å². The maximum absolute atomic E-state index is 12.1. The molecule has 0 fully saturated rings. The van der Waals surface area contributed by atoms with Gasteiger partial charge in [0.05, 0.1) is 0 Å². The number of hydrogen-bond acceptors (Lipinski definition) is 2. The van der Waals surface area contributed by atoms with Crippen LogP contribution in [0, 0.1) is 13.8 Å². The number of rotatable bonds is 9. The SMILES string of the molecule is CCCNC(CCOCC(F)F)c1cc(C)c(Br)cc1C. The summed E-state index contributed by atoms with van der Waals surface area (Å²) in [4.78, 5) is 0. The number of hydrogen-bond donors (Lipinski definition) is 1. The van der Waals surface area contributed by atoms with Crippen LogP contribution in [-0.4, -0.2) is 26.2 Å². The minimum absolute atomic E-state index is 0.134. The Kier molecular flexibility index (Phi) is 8.37. The first kappa shape index (κ1) is 18.5. The Hall–Kier alpha value is -0.520. The maximum Gasteiger partial charge on any atom is 0.261 e. The Morgan fingerprint density at radius 3 is 2.57 bits per heavy atom. The molecule has 21 heavy (non-hydrogen) atoms. The molecule has 0 aliphatic rings. The van der Waals surface area contributed by atoms with Crippen molar-refractivity contribution >= 4 is 15.9 Å². The standard InChI is InChI=1S/C16H24BrF2NO/c1-4-6-20-15(5-7-21-10-16(18)19)13-8-12(3)14(17)9-11(13)2/h8-9,15-16,20H,4-7,10H2,1-3H3. The molecule has 0 heterocycles. The average molecular weight is 364 g/mol. The van der Waals surface area contributed by atoms with E-state index in [0.717, 1.165) is 17.4 Å². The van der Waals surface area contributed by atoms with Gasteiger partial charge in [0.1, 0.15) is 6.61 Å². The highest BCUT2D eigenvalue weighted by atomic mass is 79.9. The zero-order valence-electron chi connectivity index (χ0n) is 12.9. The Balaban J connectivity index is 2.74. The van der Waals surface area contributed by atoms with E-state index in [0.29, 0.717) is 13.0 Å². The summed E-state index contributed by atoms with van der Waals surface area (Å²) in [5.74, 6) is 0. The lowest BCUT2D eigenvalue weighted by Gasteiger charge is -2.22. The molecule has 1 N–H and O–H groups in total. The van der Waals surface area contributed by atoms with Crippen molar-refractivity contribution in [2.75, 3.05) is 19.8 Å². The molecule has 1 aromatic rings. The van der Waals surface area contributed by atoms with E-state index in [9.17, 15) is 8.78 Å². The van der Waals surface area contributed by atoms with Gasteiger partial charge in [0.15, 0.2) is 0 Å². The summed E-state index contributed by atoms with van der Waals surface area (Å²) < 4.78 is 30.3. The predicted molar refractivity (Wildman–Crippen MR) is 86.1 cm³/mol. The summed E-state index contributed by atoms with van der Waals surface area (Å²) >= 11 is 3.53. The van der Waals surface area contributed by atoms with Gasteiger partial charge in [0.25, 0.3) is 6.43 Å². The molecule has 1 atom stereocenters. The van der Waals surface area contributed by atoms with Gasteiger partial charge in [-0.25, -0.2) is 8.78 Å². The van der Waals surface area contributed by atoms with Crippen molar-refractivity contribution in [3.8, 4) is 0 Å². The van der Waals surface area contributed by atoms with E-state index in [4.69, 9.17) is 4.74 Å². The minimum atomic E-state index is -2.40. The quantitative estimate of drug-likeness (QED) is 0.637. The van der Waals surface area contributed by atoms with Crippen LogP contribution in [0.3, 0.4) is 0 Å². The van der Waals surface area contributed by atoms with Crippen LogP contribution < -0.4 is 5.32 Å². The predicted octanol–water partition coefficient (Wildman–Crippen LogP) is 4.78. The van der Waals surface area contributed by atoms with E-state index >= 15 is 0 Å². The van der Waals surface area contributed by atoms with Gasteiger partial charge in [-0.15, -0.1) is 0 Å². The van der Waals surface area contributed by atoms with Crippen LogP contribution >= 0.6 is 15.9 Å². The average Bonchev–Trinajstić information content (AvgIpc) is 2.42. The minimum Gasteiger partial charge on any atom is -0.375 e. The van der Waals surface area contributed by atoms with Crippen LogP contribution in [0.4, 0.5) is 8.78 Å². The monoisotopic (exact) mass is 363 g/mol. The number of nitrogens with one attached hydrogen (secondary N) is 1. The van der Waals surface area contributed by atoms with Crippen molar-refractivity contribution in [1.82, 2.24) is 5.32 Å². The van der Waals surface area contributed by atoms with Crippen LogP contribution in [0.2, 0.25) is 0 Å². The fraction of sp³-hybridized carbons (Fsp3) is 0.625. The van der Waals surface area contributed by atoms with Gasteiger partial charge < -0.3 is 10.1 Å². The number of aryl methyl sites for hydroxylation is 2. The molecule has 0 amide bonds. The highest BCUT2D eigenvalue weighted by Crippen LogP contribution is 2.27. The third-order valence-corrected chi connectivity index (χ3v) is 4.21. The third-order valence-electron chi connectivity index (χ3n) is 3.36. The Bertz CT molecular complexity index is 441. The number of ether oxygens (including phenoxy) is 1. The van der Waals surface area contributed by atoms with Crippen LogP contribution in [-0.2, 0) is 4.74 Å². The van der Waals surface area contributed by atoms with E-state index in [1.165, 1.54) is 16.7 Å². The largest absolute Gasteiger partial charge is 0.375 e. The summed E-state index contributed by atoms with van der Waals surface area (Å²) in [6, 6.07) is 4.39. The van der Waals surface area contributed by atoms with Crippen molar-refractivity contribution in [3.05, 3.63) is 33.3 Å². The molecule has 0 saturated carbocycles. The van der Waals surface area contributed by atoms with E-state index in [2.05, 4.69) is 54.2 Å². The smallest absolute Gasteiger partial charge is 0.261 e. The highest BCUT2D eigenvalue weighted by Gasteiger charge is 2.15. The zero-order valence-corrected chi connectivity index (χ0v) is 14.5. The fourth-order valence-electron chi connectivity index (χ4n) is 2.24. The van der Waals surface area contributed by atoms with E-state index in [1.807, 2.05) is 0 Å². The molecule has 0 bridgehead atoms. The lowest BCUT2D eigenvalue weighted by Crippen LogP contribution is -2.24. The normalized spacial score (nSPS) is 12.9. The van der Waals surface area contributed by atoms with Gasteiger partial charge in [0.2, 0.25) is 0 Å². The molecule has 0 spiro atoms. The van der Waals surface area contributed by atoms with Crippen LogP contribution in [0.15, 0.2) is 16.6 Å². The maximum atomic E-state index is 12.1. The molecule has 1 rings (SSSR count). The molecule has 0 aliphatic carbocycles. The molecular weight excluding hydrogens is 340 g/mol. The van der Waals surface area contributed by atoms with Gasteiger partial charge in [-0.2, -0.15) is 0 Å².